The lowest BCUT2D eigenvalue weighted by Gasteiger charge is -2.05. The number of sulfone groups is 1. The van der Waals surface area contributed by atoms with E-state index in [9.17, 15) is 13.2 Å². The summed E-state index contributed by atoms with van der Waals surface area (Å²) in [5.74, 6) is -1.37. The van der Waals surface area contributed by atoms with Crippen molar-refractivity contribution in [3.8, 4) is 0 Å². The monoisotopic (exact) mass is 282 g/mol. The second kappa shape index (κ2) is 5.03. The van der Waals surface area contributed by atoms with E-state index in [4.69, 9.17) is 23.2 Å². The number of benzene rings is 1. The Bertz CT molecular complexity index is 510. The predicted octanol–water partition coefficient (Wildman–Crippen LogP) is 2.29. The van der Waals surface area contributed by atoms with Gasteiger partial charge < -0.3 is 4.74 Å². The van der Waals surface area contributed by atoms with E-state index >= 15 is 0 Å². The highest BCUT2D eigenvalue weighted by atomic mass is 35.5. The standard InChI is InChI=1S/C9H8Cl2O4S/c1-6(12)15-5-16(13,14)7-2-3-8(10)9(11)4-7/h2-4H,5H2,1H3. The van der Waals surface area contributed by atoms with Gasteiger partial charge in [-0.2, -0.15) is 0 Å². The van der Waals surface area contributed by atoms with Crippen molar-refractivity contribution in [3.63, 3.8) is 0 Å². The minimum atomic E-state index is -3.68. The van der Waals surface area contributed by atoms with Gasteiger partial charge in [-0.05, 0) is 18.2 Å². The molecule has 0 saturated heterocycles. The topological polar surface area (TPSA) is 60.4 Å². The summed E-state index contributed by atoms with van der Waals surface area (Å²) in [6, 6.07) is 3.88. The molecule has 1 aromatic rings. The van der Waals surface area contributed by atoms with Crippen molar-refractivity contribution in [2.75, 3.05) is 5.94 Å². The predicted molar refractivity (Wildman–Crippen MR) is 60.3 cm³/mol. The third-order valence-corrected chi connectivity index (χ3v) is 3.81. The zero-order valence-electron chi connectivity index (χ0n) is 8.24. The number of hydrogen-bond donors (Lipinski definition) is 0. The fourth-order valence-corrected chi connectivity index (χ4v) is 2.29. The van der Waals surface area contributed by atoms with Crippen LogP contribution in [0.15, 0.2) is 23.1 Å². The molecule has 0 N–H and O–H groups in total. The smallest absolute Gasteiger partial charge is 0.303 e. The summed E-state index contributed by atoms with van der Waals surface area (Å²) >= 11 is 11.3. The SMILES string of the molecule is CC(=O)OCS(=O)(=O)c1ccc(Cl)c(Cl)c1. The van der Waals surface area contributed by atoms with Crippen molar-refractivity contribution in [1.29, 1.82) is 0 Å². The van der Waals surface area contributed by atoms with Crippen LogP contribution in [0.3, 0.4) is 0 Å². The highest BCUT2D eigenvalue weighted by Crippen LogP contribution is 2.25. The fourth-order valence-electron chi connectivity index (χ4n) is 0.899. The molecule has 0 unspecified atom stereocenters. The first kappa shape index (κ1) is 13.3. The summed E-state index contributed by atoms with van der Waals surface area (Å²) in [5.41, 5.74) is 0. The van der Waals surface area contributed by atoms with E-state index in [1.807, 2.05) is 0 Å². The van der Waals surface area contributed by atoms with Gasteiger partial charge in [-0.15, -0.1) is 0 Å². The van der Waals surface area contributed by atoms with Gasteiger partial charge in [0.2, 0.25) is 9.84 Å². The number of rotatable bonds is 3. The highest BCUT2D eigenvalue weighted by Gasteiger charge is 2.17. The van der Waals surface area contributed by atoms with Crippen LogP contribution in [0.4, 0.5) is 0 Å². The van der Waals surface area contributed by atoms with Crippen LogP contribution in [-0.2, 0) is 19.4 Å². The van der Waals surface area contributed by atoms with Gasteiger partial charge in [0.1, 0.15) is 0 Å². The molecule has 0 heterocycles. The number of carbonyl (C=O) groups is 1. The van der Waals surface area contributed by atoms with Crippen LogP contribution in [0.2, 0.25) is 10.0 Å². The molecule has 0 bridgehead atoms. The van der Waals surface area contributed by atoms with Gasteiger partial charge in [-0.3, -0.25) is 4.79 Å². The quantitative estimate of drug-likeness (QED) is 0.798. The zero-order chi connectivity index (χ0) is 12.3. The average Bonchev–Trinajstić information content (AvgIpc) is 2.19. The molecule has 4 nitrogen and oxygen atoms in total. The van der Waals surface area contributed by atoms with Crippen molar-refractivity contribution in [3.05, 3.63) is 28.2 Å². The molecule has 0 atom stereocenters. The van der Waals surface area contributed by atoms with Crippen molar-refractivity contribution >= 4 is 39.0 Å². The van der Waals surface area contributed by atoms with E-state index in [-0.39, 0.29) is 14.9 Å². The maximum absolute atomic E-state index is 11.6. The largest absolute Gasteiger partial charge is 0.449 e. The first-order chi connectivity index (χ1) is 7.33. The zero-order valence-corrected chi connectivity index (χ0v) is 10.6. The Hall–Kier alpha value is -0.780. The Kier molecular flexibility index (Phi) is 4.18. The summed E-state index contributed by atoms with van der Waals surface area (Å²) < 4.78 is 27.7. The molecular formula is C9H8Cl2O4S. The summed E-state index contributed by atoms with van der Waals surface area (Å²) in [4.78, 5) is 10.5. The van der Waals surface area contributed by atoms with Gasteiger partial charge in [0, 0.05) is 6.92 Å². The molecule has 1 aromatic carbocycles. The lowest BCUT2D eigenvalue weighted by molar-refractivity contribution is -0.138. The molecule has 16 heavy (non-hydrogen) atoms. The Balaban J connectivity index is 2.99. The van der Waals surface area contributed by atoms with Crippen molar-refractivity contribution in [2.45, 2.75) is 11.8 Å². The molecule has 0 radical (unpaired) electrons. The van der Waals surface area contributed by atoms with E-state index in [1.54, 1.807) is 0 Å². The second-order valence-corrected chi connectivity index (χ2v) is 5.70. The van der Waals surface area contributed by atoms with Gasteiger partial charge in [0.05, 0.1) is 14.9 Å². The van der Waals surface area contributed by atoms with Gasteiger partial charge >= 0.3 is 5.97 Å². The lowest BCUT2D eigenvalue weighted by atomic mass is 10.4. The van der Waals surface area contributed by atoms with E-state index in [2.05, 4.69) is 4.74 Å². The third kappa shape index (κ3) is 3.37. The molecule has 1 rings (SSSR count). The van der Waals surface area contributed by atoms with Gasteiger partial charge in [-0.1, -0.05) is 23.2 Å². The minimum absolute atomic E-state index is 0.0387. The first-order valence-electron chi connectivity index (χ1n) is 4.14. The highest BCUT2D eigenvalue weighted by molar-refractivity contribution is 7.91. The van der Waals surface area contributed by atoms with E-state index in [1.165, 1.54) is 18.2 Å². The summed E-state index contributed by atoms with van der Waals surface area (Å²) in [5, 5.41) is 0.388. The van der Waals surface area contributed by atoms with Crippen LogP contribution >= 0.6 is 23.2 Å². The van der Waals surface area contributed by atoms with E-state index < -0.39 is 21.7 Å². The van der Waals surface area contributed by atoms with Gasteiger partial charge in [0.15, 0.2) is 5.94 Å². The molecule has 0 aliphatic heterocycles. The molecule has 7 heteroatoms. The molecule has 0 saturated carbocycles. The molecule has 0 aliphatic rings. The van der Waals surface area contributed by atoms with Crippen LogP contribution in [-0.4, -0.2) is 20.3 Å². The number of hydrogen-bond acceptors (Lipinski definition) is 4. The van der Waals surface area contributed by atoms with E-state index in [0.717, 1.165) is 6.92 Å². The van der Waals surface area contributed by atoms with Gasteiger partial charge in [0.25, 0.3) is 0 Å². The normalized spacial score (nSPS) is 11.2. The fraction of sp³-hybridized carbons (Fsp3) is 0.222. The Labute approximate surface area is 103 Å². The molecule has 0 aromatic heterocycles. The Morgan fingerprint density at radius 2 is 1.94 bits per heavy atom. The number of esters is 1. The van der Waals surface area contributed by atoms with Crippen LogP contribution in [0, 0.1) is 0 Å². The Morgan fingerprint density at radius 3 is 2.44 bits per heavy atom. The molecule has 88 valence electrons. The van der Waals surface area contributed by atoms with Gasteiger partial charge in [-0.25, -0.2) is 8.42 Å². The Morgan fingerprint density at radius 1 is 1.31 bits per heavy atom. The molecule has 0 aliphatic carbocycles. The number of ether oxygens (including phenoxy) is 1. The number of halogens is 2. The maximum atomic E-state index is 11.6. The third-order valence-electron chi connectivity index (χ3n) is 1.67. The average molecular weight is 283 g/mol. The molecule has 0 amide bonds. The number of carbonyl (C=O) groups excluding carboxylic acids is 1. The van der Waals surface area contributed by atoms with Crippen LogP contribution in [0.5, 0.6) is 0 Å². The van der Waals surface area contributed by atoms with Crippen molar-refractivity contribution < 1.29 is 17.9 Å². The van der Waals surface area contributed by atoms with Crippen LogP contribution in [0.25, 0.3) is 0 Å². The second-order valence-electron chi connectivity index (χ2n) is 2.94. The summed E-state index contributed by atoms with van der Waals surface area (Å²) in [6.45, 7) is 1.13. The van der Waals surface area contributed by atoms with Crippen LogP contribution < -0.4 is 0 Å². The lowest BCUT2D eigenvalue weighted by Crippen LogP contribution is -2.12. The molecule has 0 fully saturated rings. The summed E-state index contributed by atoms with van der Waals surface area (Å²) in [6.07, 6.45) is 0. The van der Waals surface area contributed by atoms with Crippen LogP contribution in [0.1, 0.15) is 6.92 Å². The first-order valence-corrected chi connectivity index (χ1v) is 6.55. The summed E-state index contributed by atoms with van der Waals surface area (Å²) in [7, 11) is -3.68. The molecule has 0 spiro atoms. The van der Waals surface area contributed by atoms with Crippen molar-refractivity contribution in [1.82, 2.24) is 0 Å². The van der Waals surface area contributed by atoms with E-state index in [0.29, 0.717) is 0 Å². The molecular weight excluding hydrogens is 275 g/mol. The van der Waals surface area contributed by atoms with Crippen molar-refractivity contribution in [2.24, 2.45) is 0 Å². The maximum Gasteiger partial charge on any atom is 0.303 e. The minimum Gasteiger partial charge on any atom is -0.449 e.